The summed E-state index contributed by atoms with van der Waals surface area (Å²) in [5, 5.41) is 8.53. The second-order valence-corrected chi connectivity index (χ2v) is 6.19. The SMILES string of the molecule is CC(C)C1CCC(=O)N(CCC(=O)N(C)CCC#N)CC1. The van der Waals surface area contributed by atoms with Gasteiger partial charge in [0.1, 0.15) is 0 Å². The highest BCUT2D eigenvalue weighted by atomic mass is 16.2. The van der Waals surface area contributed by atoms with Gasteiger partial charge in [-0.25, -0.2) is 0 Å². The molecule has 5 nitrogen and oxygen atoms in total. The topological polar surface area (TPSA) is 64.4 Å². The van der Waals surface area contributed by atoms with E-state index in [0.717, 1.165) is 19.4 Å². The van der Waals surface area contributed by atoms with Crippen molar-refractivity contribution in [1.82, 2.24) is 9.80 Å². The molecule has 1 aliphatic rings. The summed E-state index contributed by atoms with van der Waals surface area (Å²) >= 11 is 0. The molecule has 0 aromatic carbocycles. The zero-order valence-corrected chi connectivity index (χ0v) is 13.5. The van der Waals surface area contributed by atoms with Crippen molar-refractivity contribution < 1.29 is 9.59 Å². The molecular formula is C16H27N3O2. The zero-order chi connectivity index (χ0) is 15.8. The number of nitrogens with zero attached hydrogens (tertiary/aromatic N) is 3. The van der Waals surface area contributed by atoms with Crippen LogP contribution >= 0.6 is 0 Å². The lowest BCUT2D eigenvalue weighted by Crippen LogP contribution is -2.35. The van der Waals surface area contributed by atoms with Gasteiger partial charge in [0.2, 0.25) is 11.8 Å². The Hall–Kier alpha value is -1.57. The van der Waals surface area contributed by atoms with Crippen molar-refractivity contribution in [2.45, 2.75) is 46.0 Å². The summed E-state index contributed by atoms with van der Waals surface area (Å²) < 4.78 is 0. The fourth-order valence-electron chi connectivity index (χ4n) is 2.72. The summed E-state index contributed by atoms with van der Waals surface area (Å²) in [7, 11) is 1.71. The second-order valence-electron chi connectivity index (χ2n) is 6.19. The van der Waals surface area contributed by atoms with Gasteiger partial charge in [-0.3, -0.25) is 9.59 Å². The third-order valence-electron chi connectivity index (χ3n) is 4.37. The predicted molar refractivity (Wildman–Crippen MR) is 81.2 cm³/mol. The summed E-state index contributed by atoms with van der Waals surface area (Å²) in [6.45, 7) is 6.13. The average Bonchev–Trinajstić information content (AvgIpc) is 2.64. The molecule has 1 heterocycles. The number of carbonyl (C=O) groups is 2. The lowest BCUT2D eigenvalue weighted by atomic mass is 9.89. The first-order valence-corrected chi connectivity index (χ1v) is 7.84. The van der Waals surface area contributed by atoms with Gasteiger partial charge in [-0.15, -0.1) is 0 Å². The first-order valence-electron chi connectivity index (χ1n) is 7.84. The molecule has 0 aliphatic carbocycles. The Labute approximate surface area is 127 Å². The van der Waals surface area contributed by atoms with E-state index in [9.17, 15) is 9.59 Å². The van der Waals surface area contributed by atoms with Crippen LogP contribution in [0.2, 0.25) is 0 Å². The summed E-state index contributed by atoms with van der Waals surface area (Å²) in [5.41, 5.74) is 0. The van der Waals surface area contributed by atoms with E-state index in [0.29, 0.717) is 44.2 Å². The van der Waals surface area contributed by atoms with Crippen LogP contribution in [0.15, 0.2) is 0 Å². The monoisotopic (exact) mass is 293 g/mol. The maximum atomic E-state index is 12.1. The van der Waals surface area contributed by atoms with Crippen LogP contribution in [-0.4, -0.2) is 48.3 Å². The molecular weight excluding hydrogens is 266 g/mol. The Bertz CT molecular complexity index is 401. The Morgan fingerprint density at radius 2 is 2.19 bits per heavy atom. The van der Waals surface area contributed by atoms with Crippen molar-refractivity contribution in [2.75, 3.05) is 26.7 Å². The van der Waals surface area contributed by atoms with Gasteiger partial charge >= 0.3 is 0 Å². The van der Waals surface area contributed by atoms with E-state index in [-0.39, 0.29) is 11.8 Å². The molecule has 0 N–H and O–H groups in total. The molecule has 21 heavy (non-hydrogen) atoms. The minimum Gasteiger partial charge on any atom is -0.345 e. The van der Waals surface area contributed by atoms with Crippen molar-refractivity contribution in [3.63, 3.8) is 0 Å². The predicted octanol–water partition coefficient (Wildman–Crippen LogP) is 2.03. The smallest absolute Gasteiger partial charge is 0.224 e. The molecule has 1 atom stereocenters. The largest absolute Gasteiger partial charge is 0.345 e. The van der Waals surface area contributed by atoms with Gasteiger partial charge < -0.3 is 9.80 Å². The van der Waals surface area contributed by atoms with Gasteiger partial charge in [0.05, 0.1) is 12.5 Å². The van der Waals surface area contributed by atoms with Crippen LogP contribution in [-0.2, 0) is 9.59 Å². The van der Waals surface area contributed by atoms with Crippen LogP contribution in [0.1, 0.15) is 46.0 Å². The van der Waals surface area contributed by atoms with Gasteiger partial charge in [-0.05, 0) is 24.7 Å². The summed E-state index contributed by atoms with van der Waals surface area (Å²) in [5.74, 6) is 1.39. The van der Waals surface area contributed by atoms with Crippen LogP contribution in [0.3, 0.4) is 0 Å². The average molecular weight is 293 g/mol. The fourth-order valence-corrected chi connectivity index (χ4v) is 2.72. The van der Waals surface area contributed by atoms with E-state index >= 15 is 0 Å². The van der Waals surface area contributed by atoms with Crippen molar-refractivity contribution in [2.24, 2.45) is 11.8 Å². The Morgan fingerprint density at radius 3 is 2.81 bits per heavy atom. The van der Waals surface area contributed by atoms with Gasteiger partial charge in [0, 0.05) is 39.5 Å². The molecule has 1 aliphatic heterocycles. The van der Waals surface area contributed by atoms with Crippen LogP contribution < -0.4 is 0 Å². The van der Waals surface area contributed by atoms with Gasteiger partial charge in [-0.2, -0.15) is 5.26 Å². The van der Waals surface area contributed by atoms with E-state index in [2.05, 4.69) is 13.8 Å². The summed E-state index contributed by atoms with van der Waals surface area (Å²) in [4.78, 5) is 27.4. The molecule has 1 fully saturated rings. The van der Waals surface area contributed by atoms with E-state index in [1.54, 1.807) is 11.9 Å². The third kappa shape index (κ3) is 5.74. The molecule has 0 saturated carbocycles. The van der Waals surface area contributed by atoms with Crippen LogP contribution in [0.4, 0.5) is 0 Å². The maximum Gasteiger partial charge on any atom is 0.224 e. The minimum absolute atomic E-state index is 0.00251. The fraction of sp³-hybridized carbons (Fsp3) is 0.812. The van der Waals surface area contributed by atoms with Gasteiger partial charge in [0.15, 0.2) is 0 Å². The van der Waals surface area contributed by atoms with Gasteiger partial charge in [-0.1, -0.05) is 13.8 Å². The number of hydrogen-bond donors (Lipinski definition) is 0. The quantitative estimate of drug-likeness (QED) is 0.752. The molecule has 0 spiro atoms. The van der Waals surface area contributed by atoms with Crippen LogP contribution in [0.5, 0.6) is 0 Å². The first-order chi connectivity index (χ1) is 9.95. The Kier molecular flexibility index (Phi) is 7.21. The van der Waals surface area contributed by atoms with Crippen molar-refractivity contribution >= 4 is 11.8 Å². The van der Waals surface area contributed by atoms with E-state index in [1.165, 1.54) is 0 Å². The highest BCUT2D eigenvalue weighted by molar-refractivity contribution is 5.79. The van der Waals surface area contributed by atoms with E-state index < -0.39 is 0 Å². The first kappa shape index (κ1) is 17.5. The number of hydrogen-bond acceptors (Lipinski definition) is 3. The Morgan fingerprint density at radius 1 is 1.48 bits per heavy atom. The molecule has 5 heteroatoms. The molecule has 0 aromatic rings. The van der Waals surface area contributed by atoms with Crippen molar-refractivity contribution in [3.05, 3.63) is 0 Å². The number of nitriles is 1. The number of likely N-dealkylation sites (tertiary alicyclic amines) is 1. The highest BCUT2D eigenvalue weighted by Crippen LogP contribution is 2.25. The minimum atomic E-state index is 0.00251. The number of carbonyl (C=O) groups excluding carboxylic acids is 2. The number of rotatable bonds is 6. The molecule has 2 amide bonds. The molecule has 118 valence electrons. The molecule has 1 unspecified atom stereocenters. The standard InChI is InChI=1S/C16H27N3O2/c1-13(2)14-5-6-16(21)19(11-7-14)12-8-15(20)18(3)10-4-9-17/h13-14H,4-8,10-12H2,1-3H3. The normalized spacial score (nSPS) is 19.3. The molecule has 1 saturated heterocycles. The van der Waals surface area contributed by atoms with Crippen LogP contribution in [0, 0.1) is 23.2 Å². The van der Waals surface area contributed by atoms with E-state index in [4.69, 9.17) is 5.26 Å². The van der Waals surface area contributed by atoms with Crippen LogP contribution in [0.25, 0.3) is 0 Å². The van der Waals surface area contributed by atoms with E-state index in [1.807, 2.05) is 11.0 Å². The van der Waals surface area contributed by atoms with Gasteiger partial charge in [0.25, 0.3) is 0 Å². The molecule has 0 aromatic heterocycles. The lowest BCUT2D eigenvalue weighted by Gasteiger charge is -2.23. The third-order valence-corrected chi connectivity index (χ3v) is 4.37. The lowest BCUT2D eigenvalue weighted by molar-refractivity contribution is -0.133. The summed E-state index contributed by atoms with van der Waals surface area (Å²) in [6.07, 6.45) is 3.28. The second kappa shape index (κ2) is 8.66. The number of amides is 2. The maximum absolute atomic E-state index is 12.1. The van der Waals surface area contributed by atoms with Crippen molar-refractivity contribution in [3.8, 4) is 6.07 Å². The highest BCUT2D eigenvalue weighted by Gasteiger charge is 2.24. The molecule has 0 radical (unpaired) electrons. The molecule has 1 rings (SSSR count). The van der Waals surface area contributed by atoms with Crippen molar-refractivity contribution in [1.29, 1.82) is 5.26 Å². The summed E-state index contributed by atoms with van der Waals surface area (Å²) in [6, 6.07) is 2.03. The zero-order valence-electron chi connectivity index (χ0n) is 13.5. The molecule has 0 bridgehead atoms. The Balaban J connectivity index is 2.42.